The van der Waals surface area contributed by atoms with Gasteiger partial charge in [-0.2, -0.15) is 0 Å². The monoisotopic (exact) mass is 226 g/mol. The average Bonchev–Trinajstić information content (AvgIpc) is 2.61. The summed E-state index contributed by atoms with van der Waals surface area (Å²) in [6.07, 6.45) is 2.37. The van der Waals surface area contributed by atoms with Crippen LogP contribution in [-0.4, -0.2) is 13.1 Å². The van der Waals surface area contributed by atoms with Crippen LogP contribution in [0.4, 0.5) is 0 Å². The molecule has 0 aliphatic carbocycles. The number of nitrogens with one attached hydrogen (secondary N) is 1. The fourth-order valence-corrected chi connectivity index (χ4v) is 2.45. The lowest BCUT2D eigenvalue weighted by Gasteiger charge is -2.11. The first-order chi connectivity index (χ1) is 7.22. The van der Waals surface area contributed by atoms with E-state index in [1.807, 2.05) is 11.3 Å². The summed E-state index contributed by atoms with van der Waals surface area (Å²) in [6, 6.07) is 4.39. The minimum Gasteiger partial charge on any atom is -0.330 e. The first-order valence-corrected chi connectivity index (χ1v) is 6.50. The van der Waals surface area contributed by atoms with Crippen LogP contribution in [0.15, 0.2) is 12.1 Å². The third-order valence-corrected chi connectivity index (χ3v) is 3.49. The van der Waals surface area contributed by atoms with Crippen molar-refractivity contribution >= 4 is 11.3 Å². The summed E-state index contributed by atoms with van der Waals surface area (Å²) in [7, 11) is 0. The lowest BCUT2D eigenvalue weighted by Crippen LogP contribution is -2.20. The van der Waals surface area contributed by atoms with Crippen molar-refractivity contribution in [2.24, 2.45) is 11.7 Å². The third kappa shape index (κ3) is 5.30. The largest absolute Gasteiger partial charge is 0.330 e. The molecule has 1 heterocycles. The molecule has 86 valence electrons. The van der Waals surface area contributed by atoms with Crippen molar-refractivity contribution in [1.29, 1.82) is 0 Å². The van der Waals surface area contributed by atoms with E-state index in [1.54, 1.807) is 0 Å². The van der Waals surface area contributed by atoms with E-state index in [4.69, 9.17) is 5.73 Å². The second-order valence-corrected chi connectivity index (χ2v) is 5.55. The summed E-state index contributed by atoms with van der Waals surface area (Å²) >= 11 is 1.87. The van der Waals surface area contributed by atoms with Gasteiger partial charge in [0.2, 0.25) is 0 Å². The number of rotatable bonds is 7. The maximum absolute atomic E-state index is 5.48. The molecule has 0 aliphatic heterocycles. The molecule has 1 atom stereocenters. The van der Waals surface area contributed by atoms with Gasteiger partial charge in [-0.05, 0) is 50.9 Å². The summed E-state index contributed by atoms with van der Waals surface area (Å²) in [5.41, 5.74) is 5.48. The summed E-state index contributed by atoms with van der Waals surface area (Å²) in [5.74, 6) is 0.731. The normalized spacial score (nSPS) is 13.0. The Labute approximate surface area is 96.9 Å². The molecule has 15 heavy (non-hydrogen) atoms. The van der Waals surface area contributed by atoms with Gasteiger partial charge in [0.1, 0.15) is 0 Å². The Morgan fingerprint density at radius 3 is 2.87 bits per heavy atom. The van der Waals surface area contributed by atoms with Gasteiger partial charge in [-0.3, -0.25) is 0 Å². The predicted molar refractivity (Wildman–Crippen MR) is 68.2 cm³/mol. The van der Waals surface area contributed by atoms with Crippen molar-refractivity contribution in [2.75, 3.05) is 13.1 Å². The molecule has 1 unspecified atom stereocenters. The van der Waals surface area contributed by atoms with Crippen molar-refractivity contribution in [3.63, 3.8) is 0 Å². The molecule has 1 aromatic heterocycles. The van der Waals surface area contributed by atoms with E-state index in [0.29, 0.717) is 0 Å². The summed E-state index contributed by atoms with van der Waals surface area (Å²) < 4.78 is 0. The second kappa shape index (κ2) is 6.99. The Morgan fingerprint density at radius 1 is 1.47 bits per heavy atom. The molecule has 0 saturated heterocycles. The quantitative estimate of drug-likeness (QED) is 0.750. The number of nitrogens with two attached hydrogens (primary N) is 1. The van der Waals surface area contributed by atoms with E-state index in [9.17, 15) is 0 Å². The molecule has 0 spiro atoms. The van der Waals surface area contributed by atoms with Crippen LogP contribution in [0.3, 0.4) is 0 Å². The molecular weight excluding hydrogens is 204 g/mol. The van der Waals surface area contributed by atoms with Gasteiger partial charge in [-0.15, -0.1) is 11.3 Å². The number of hydrogen-bond donors (Lipinski definition) is 2. The zero-order valence-corrected chi connectivity index (χ0v) is 10.6. The molecule has 3 heteroatoms. The number of aryl methyl sites for hydroxylation is 1. The highest BCUT2D eigenvalue weighted by molar-refractivity contribution is 7.11. The number of thiophene rings is 1. The number of hydrogen-bond acceptors (Lipinski definition) is 3. The third-order valence-electron chi connectivity index (χ3n) is 2.49. The zero-order chi connectivity index (χ0) is 11.1. The van der Waals surface area contributed by atoms with E-state index >= 15 is 0 Å². The highest BCUT2D eigenvalue weighted by atomic mass is 32.1. The van der Waals surface area contributed by atoms with Gasteiger partial charge in [-0.25, -0.2) is 0 Å². The summed E-state index contributed by atoms with van der Waals surface area (Å²) in [6.45, 7) is 7.34. The van der Waals surface area contributed by atoms with Crippen molar-refractivity contribution in [2.45, 2.75) is 33.2 Å². The molecule has 0 fully saturated rings. The molecule has 0 aliphatic rings. The maximum Gasteiger partial charge on any atom is 0.0299 e. The minimum atomic E-state index is 0.731. The van der Waals surface area contributed by atoms with Gasteiger partial charge >= 0.3 is 0 Å². The van der Waals surface area contributed by atoms with Gasteiger partial charge in [0.25, 0.3) is 0 Å². The van der Waals surface area contributed by atoms with Crippen LogP contribution in [0.2, 0.25) is 0 Å². The lowest BCUT2D eigenvalue weighted by molar-refractivity contribution is 0.470. The molecule has 1 aromatic rings. The molecule has 3 N–H and O–H groups in total. The zero-order valence-electron chi connectivity index (χ0n) is 9.75. The molecular formula is C12H22N2S. The molecule has 0 bridgehead atoms. The van der Waals surface area contributed by atoms with Gasteiger partial charge in [-0.1, -0.05) is 6.92 Å². The van der Waals surface area contributed by atoms with Crippen LogP contribution in [-0.2, 0) is 6.54 Å². The Bertz CT molecular complexity index is 270. The Hall–Kier alpha value is -0.380. The van der Waals surface area contributed by atoms with Crippen molar-refractivity contribution in [3.8, 4) is 0 Å². The van der Waals surface area contributed by atoms with Crippen molar-refractivity contribution < 1.29 is 0 Å². The highest BCUT2D eigenvalue weighted by Gasteiger charge is 2.01. The van der Waals surface area contributed by atoms with Gasteiger partial charge in [0.05, 0.1) is 0 Å². The molecule has 2 nitrogen and oxygen atoms in total. The van der Waals surface area contributed by atoms with Gasteiger partial charge < -0.3 is 11.1 Å². The highest BCUT2D eigenvalue weighted by Crippen LogP contribution is 2.14. The lowest BCUT2D eigenvalue weighted by atomic mass is 10.1. The molecule has 0 saturated carbocycles. The molecule has 0 amide bonds. The topological polar surface area (TPSA) is 38.0 Å². The SMILES string of the molecule is Cc1ccc(CNCC(C)CCCN)s1. The fraction of sp³-hybridized carbons (Fsp3) is 0.667. The Kier molecular flexibility index (Phi) is 5.91. The first-order valence-electron chi connectivity index (χ1n) is 5.68. The Morgan fingerprint density at radius 2 is 2.27 bits per heavy atom. The smallest absolute Gasteiger partial charge is 0.0299 e. The van der Waals surface area contributed by atoms with Gasteiger partial charge in [0, 0.05) is 16.3 Å². The molecule has 0 aromatic carbocycles. The Balaban J connectivity index is 2.10. The van der Waals surface area contributed by atoms with E-state index < -0.39 is 0 Å². The summed E-state index contributed by atoms with van der Waals surface area (Å²) in [4.78, 5) is 2.82. The second-order valence-electron chi connectivity index (χ2n) is 4.18. The first kappa shape index (κ1) is 12.7. The van der Waals surface area contributed by atoms with Crippen LogP contribution in [0.5, 0.6) is 0 Å². The van der Waals surface area contributed by atoms with E-state index in [1.165, 1.54) is 16.2 Å². The van der Waals surface area contributed by atoms with E-state index in [-0.39, 0.29) is 0 Å². The minimum absolute atomic E-state index is 0.731. The standard InChI is InChI=1S/C12H22N2S/c1-10(4-3-7-13)8-14-9-12-6-5-11(2)15-12/h5-6,10,14H,3-4,7-9,13H2,1-2H3. The van der Waals surface area contributed by atoms with E-state index in [2.05, 4.69) is 31.3 Å². The van der Waals surface area contributed by atoms with Crippen LogP contribution < -0.4 is 11.1 Å². The molecule has 0 radical (unpaired) electrons. The van der Waals surface area contributed by atoms with Crippen LogP contribution in [0, 0.1) is 12.8 Å². The molecule has 1 rings (SSSR count). The average molecular weight is 226 g/mol. The maximum atomic E-state index is 5.48. The van der Waals surface area contributed by atoms with Crippen LogP contribution >= 0.6 is 11.3 Å². The fourth-order valence-electron chi connectivity index (χ4n) is 1.59. The van der Waals surface area contributed by atoms with Crippen LogP contribution in [0.1, 0.15) is 29.5 Å². The van der Waals surface area contributed by atoms with Crippen molar-refractivity contribution in [3.05, 3.63) is 21.9 Å². The summed E-state index contributed by atoms with van der Waals surface area (Å²) in [5, 5.41) is 3.49. The van der Waals surface area contributed by atoms with Gasteiger partial charge in [0.15, 0.2) is 0 Å². The van der Waals surface area contributed by atoms with Crippen LogP contribution in [0.25, 0.3) is 0 Å². The predicted octanol–water partition coefficient (Wildman–Crippen LogP) is 2.52. The van der Waals surface area contributed by atoms with E-state index in [0.717, 1.165) is 32.0 Å². The van der Waals surface area contributed by atoms with Crippen molar-refractivity contribution in [1.82, 2.24) is 5.32 Å².